The highest BCUT2D eigenvalue weighted by Gasteiger charge is 2.21. The Morgan fingerprint density at radius 3 is 2.96 bits per heavy atom. The highest BCUT2D eigenvalue weighted by atomic mass is 16.1. The van der Waals surface area contributed by atoms with Gasteiger partial charge in [-0.3, -0.25) is 19.6 Å². The van der Waals surface area contributed by atoms with Crippen molar-refractivity contribution in [3.63, 3.8) is 0 Å². The van der Waals surface area contributed by atoms with Crippen molar-refractivity contribution in [2.75, 3.05) is 0 Å². The van der Waals surface area contributed by atoms with E-state index in [1.165, 1.54) is 0 Å². The molecule has 0 unspecified atom stereocenters. The molecule has 0 aromatic carbocycles. The number of hydrogen-bond acceptors (Lipinski definition) is 6. The second-order valence-electron chi connectivity index (χ2n) is 5.76. The summed E-state index contributed by atoms with van der Waals surface area (Å²) >= 11 is 0. The normalized spacial score (nSPS) is 12.6. The first-order chi connectivity index (χ1) is 12.1. The van der Waals surface area contributed by atoms with Crippen LogP contribution in [0.3, 0.4) is 0 Å². The van der Waals surface area contributed by atoms with Crippen LogP contribution < -0.4 is 5.73 Å². The van der Waals surface area contributed by atoms with Crippen molar-refractivity contribution < 1.29 is 4.79 Å². The van der Waals surface area contributed by atoms with E-state index >= 15 is 0 Å². The number of fused-ring (bicyclic) bond motifs is 1. The molecule has 3 aromatic rings. The molecule has 0 aliphatic carbocycles. The second kappa shape index (κ2) is 5.62. The van der Waals surface area contributed by atoms with Gasteiger partial charge in [-0.05, 0) is 31.5 Å². The van der Waals surface area contributed by atoms with Crippen LogP contribution in [0.1, 0.15) is 34.2 Å². The molecule has 9 heteroatoms. The van der Waals surface area contributed by atoms with Gasteiger partial charge < -0.3 is 5.73 Å². The van der Waals surface area contributed by atoms with Crippen LogP contribution in [0.15, 0.2) is 17.1 Å². The maximum Gasteiger partial charge on any atom is 0.267 e. The Kier molecular flexibility index (Phi) is 3.41. The highest BCUT2D eigenvalue weighted by molar-refractivity contribution is 5.96. The van der Waals surface area contributed by atoms with Gasteiger partial charge in [0.2, 0.25) is 5.82 Å². The Hall–Kier alpha value is -3.36. The van der Waals surface area contributed by atoms with Crippen molar-refractivity contribution >= 4 is 12.1 Å². The Balaban J connectivity index is 1.83. The van der Waals surface area contributed by atoms with E-state index < -0.39 is 5.91 Å². The lowest BCUT2D eigenvalue weighted by molar-refractivity contribution is 0.0995. The number of nitrogens with one attached hydrogen (secondary N) is 1. The Bertz CT molecular complexity index is 1010. The van der Waals surface area contributed by atoms with Crippen LogP contribution in [0, 0.1) is 6.92 Å². The zero-order valence-electron chi connectivity index (χ0n) is 13.8. The largest absolute Gasteiger partial charge is 0.364 e. The number of aromatic nitrogens is 6. The van der Waals surface area contributed by atoms with Gasteiger partial charge in [-0.25, -0.2) is 9.97 Å². The summed E-state index contributed by atoms with van der Waals surface area (Å²) < 4.78 is 1.85. The third-order valence-electron chi connectivity index (χ3n) is 4.02. The summed E-state index contributed by atoms with van der Waals surface area (Å²) in [5, 5.41) is 11.6. The van der Waals surface area contributed by atoms with Crippen molar-refractivity contribution in [2.45, 2.75) is 26.9 Å². The van der Waals surface area contributed by atoms with Crippen molar-refractivity contribution in [2.24, 2.45) is 10.7 Å². The minimum absolute atomic E-state index is 0.181. The topological polar surface area (TPSA) is 128 Å². The number of rotatable bonds is 4. The summed E-state index contributed by atoms with van der Waals surface area (Å²) in [5.74, 6) is 0.392. The summed E-state index contributed by atoms with van der Waals surface area (Å²) in [6.07, 6.45) is 1.72. The molecule has 3 N–H and O–H groups in total. The van der Waals surface area contributed by atoms with Crippen LogP contribution >= 0.6 is 0 Å². The molecule has 0 atom stereocenters. The van der Waals surface area contributed by atoms with Crippen LogP contribution in [-0.2, 0) is 13.1 Å². The zero-order valence-corrected chi connectivity index (χ0v) is 13.8. The number of H-pyrrole nitrogens is 1. The molecule has 4 heterocycles. The monoisotopic (exact) mass is 336 g/mol. The van der Waals surface area contributed by atoms with E-state index in [4.69, 9.17) is 5.73 Å². The third kappa shape index (κ3) is 2.49. The molecule has 0 radical (unpaired) electrons. The van der Waals surface area contributed by atoms with E-state index in [0.29, 0.717) is 23.9 Å². The number of nitrogens with zero attached hydrogens (tertiary/aromatic N) is 6. The van der Waals surface area contributed by atoms with Gasteiger partial charge in [0.1, 0.15) is 17.1 Å². The Morgan fingerprint density at radius 2 is 2.20 bits per heavy atom. The lowest BCUT2D eigenvalue weighted by Gasteiger charge is -2.05. The first-order valence-electron chi connectivity index (χ1n) is 7.88. The highest BCUT2D eigenvalue weighted by Crippen LogP contribution is 2.27. The average molecular weight is 336 g/mol. The first-order valence-corrected chi connectivity index (χ1v) is 7.88. The SMILES string of the molecule is CCn1nc(C)cc1-c1nc(-c2nc(C(N)=O)cc3c2C=NC3)n[nH]1. The van der Waals surface area contributed by atoms with Gasteiger partial charge in [-0.1, -0.05) is 0 Å². The van der Waals surface area contributed by atoms with E-state index in [1.54, 1.807) is 12.3 Å². The molecule has 25 heavy (non-hydrogen) atoms. The number of aromatic amines is 1. The molecule has 126 valence electrons. The van der Waals surface area contributed by atoms with Gasteiger partial charge >= 0.3 is 0 Å². The van der Waals surface area contributed by atoms with Crippen molar-refractivity contribution in [3.8, 4) is 23.0 Å². The molecule has 1 aliphatic heterocycles. The quantitative estimate of drug-likeness (QED) is 0.737. The van der Waals surface area contributed by atoms with Gasteiger partial charge in [-0.2, -0.15) is 10.2 Å². The lowest BCUT2D eigenvalue weighted by atomic mass is 10.1. The smallest absolute Gasteiger partial charge is 0.267 e. The molecular formula is C16H16N8O. The van der Waals surface area contributed by atoms with Crippen LogP contribution in [0.5, 0.6) is 0 Å². The predicted molar refractivity (Wildman–Crippen MR) is 91.1 cm³/mol. The average Bonchev–Trinajstić information content (AvgIpc) is 3.32. The van der Waals surface area contributed by atoms with E-state index in [1.807, 2.05) is 24.6 Å². The number of carbonyl (C=O) groups is 1. The van der Waals surface area contributed by atoms with Gasteiger partial charge in [0, 0.05) is 18.3 Å². The number of amides is 1. The van der Waals surface area contributed by atoms with Crippen molar-refractivity contribution in [1.29, 1.82) is 0 Å². The fourth-order valence-corrected chi connectivity index (χ4v) is 2.87. The summed E-state index contributed by atoms with van der Waals surface area (Å²) in [4.78, 5) is 24.7. The number of nitrogens with two attached hydrogens (primary N) is 1. The van der Waals surface area contributed by atoms with Gasteiger partial charge in [0.15, 0.2) is 5.82 Å². The molecular weight excluding hydrogens is 320 g/mol. The van der Waals surface area contributed by atoms with Crippen LogP contribution in [0.4, 0.5) is 0 Å². The summed E-state index contributed by atoms with van der Waals surface area (Å²) in [7, 11) is 0. The van der Waals surface area contributed by atoms with E-state index in [0.717, 1.165) is 29.1 Å². The fourth-order valence-electron chi connectivity index (χ4n) is 2.87. The molecule has 9 nitrogen and oxygen atoms in total. The molecule has 1 aliphatic rings. The maximum atomic E-state index is 11.6. The molecule has 0 fully saturated rings. The van der Waals surface area contributed by atoms with Crippen molar-refractivity contribution in [3.05, 3.63) is 34.6 Å². The lowest BCUT2D eigenvalue weighted by Crippen LogP contribution is -2.15. The number of pyridine rings is 1. The minimum atomic E-state index is -0.591. The van der Waals surface area contributed by atoms with Crippen LogP contribution in [0.2, 0.25) is 0 Å². The summed E-state index contributed by atoms with van der Waals surface area (Å²) in [6.45, 7) is 5.14. The van der Waals surface area contributed by atoms with E-state index in [-0.39, 0.29) is 5.69 Å². The summed E-state index contributed by atoms with van der Waals surface area (Å²) in [6, 6.07) is 3.60. The number of hydrogen-bond donors (Lipinski definition) is 2. The number of carbonyl (C=O) groups excluding carboxylic acids is 1. The Morgan fingerprint density at radius 1 is 1.36 bits per heavy atom. The molecule has 0 saturated heterocycles. The Labute approximate surface area is 143 Å². The number of primary amides is 1. The number of aryl methyl sites for hydroxylation is 2. The fraction of sp³-hybridized carbons (Fsp3) is 0.250. The summed E-state index contributed by atoms with van der Waals surface area (Å²) in [5.41, 5.74) is 9.51. The maximum absolute atomic E-state index is 11.6. The number of aliphatic imine (C=N–C) groups is 1. The van der Waals surface area contributed by atoms with E-state index in [2.05, 4.69) is 30.3 Å². The second-order valence-corrected chi connectivity index (χ2v) is 5.76. The van der Waals surface area contributed by atoms with Gasteiger partial charge in [0.05, 0.1) is 12.2 Å². The van der Waals surface area contributed by atoms with Crippen LogP contribution in [0.25, 0.3) is 23.0 Å². The standard InChI is InChI=1S/C16H16N8O/c1-3-24-12(4-8(2)23-24)15-20-16(22-21-15)13-10-7-18-6-9(10)5-11(19-13)14(17)25/h4-5,7H,3,6H2,1-2H3,(H2,17,25)(H,20,21,22). The van der Waals surface area contributed by atoms with Gasteiger partial charge in [-0.15, -0.1) is 0 Å². The molecule has 0 bridgehead atoms. The molecule has 0 saturated carbocycles. The predicted octanol–water partition coefficient (Wildman–Crippen LogP) is 1.09. The van der Waals surface area contributed by atoms with Gasteiger partial charge in [0.25, 0.3) is 5.91 Å². The molecule has 1 amide bonds. The zero-order chi connectivity index (χ0) is 17.6. The van der Waals surface area contributed by atoms with Crippen molar-refractivity contribution in [1.82, 2.24) is 29.9 Å². The minimum Gasteiger partial charge on any atom is -0.364 e. The molecule has 0 spiro atoms. The first kappa shape index (κ1) is 15.2. The molecule has 3 aromatic heterocycles. The van der Waals surface area contributed by atoms with Crippen LogP contribution in [-0.4, -0.2) is 42.1 Å². The third-order valence-corrected chi connectivity index (χ3v) is 4.02. The van der Waals surface area contributed by atoms with E-state index in [9.17, 15) is 4.79 Å². The molecule has 4 rings (SSSR count).